The van der Waals surface area contributed by atoms with Gasteiger partial charge in [-0.3, -0.25) is 0 Å². The third-order valence-electron chi connectivity index (χ3n) is 4.35. The molecule has 0 amide bonds. The van der Waals surface area contributed by atoms with Crippen molar-refractivity contribution in [3.63, 3.8) is 0 Å². The van der Waals surface area contributed by atoms with Gasteiger partial charge in [0.05, 0.1) is 4.91 Å². The van der Waals surface area contributed by atoms with E-state index in [2.05, 4.69) is 89.4 Å². The van der Waals surface area contributed by atoms with Crippen LogP contribution in [0.5, 0.6) is 0 Å². The molecule has 0 unspecified atom stereocenters. The molecule has 27 heavy (non-hydrogen) atoms. The zero-order chi connectivity index (χ0) is 18.6. The summed E-state index contributed by atoms with van der Waals surface area (Å²) in [6.45, 7) is 0. The highest BCUT2D eigenvalue weighted by molar-refractivity contribution is 8.16. The Kier molecular flexibility index (Phi) is 4.99. The van der Waals surface area contributed by atoms with Crippen LogP contribution < -0.4 is 0 Å². The Labute approximate surface area is 163 Å². The molecule has 0 fully saturated rings. The molecule has 132 valence electrons. The molecule has 0 saturated heterocycles. The van der Waals surface area contributed by atoms with Crippen molar-refractivity contribution in [2.75, 3.05) is 14.1 Å². The van der Waals surface area contributed by atoms with Crippen LogP contribution in [-0.2, 0) is 0 Å². The summed E-state index contributed by atoms with van der Waals surface area (Å²) in [4.78, 5) is 11.2. The lowest BCUT2D eigenvalue weighted by Crippen LogP contribution is -2.10. The first-order valence-corrected chi connectivity index (χ1v) is 9.61. The van der Waals surface area contributed by atoms with Gasteiger partial charge >= 0.3 is 0 Å². The van der Waals surface area contributed by atoms with Crippen molar-refractivity contribution < 1.29 is 4.58 Å². The first-order valence-electron chi connectivity index (χ1n) is 8.79. The lowest BCUT2D eigenvalue weighted by Gasteiger charge is -2.17. The van der Waals surface area contributed by atoms with E-state index >= 15 is 0 Å². The fourth-order valence-corrected chi connectivity index (χ4v) is 3.96. The van der Waals surface area contributed by atoms with Gasteiger partial charge in [-0.1, -0.05) is 42.1 Å². The lowest BCUT2D eigenvalue weighted by molar-refractivity contribution is -0.462. The van der Waals surface area contributed by atoms with Gasteiger partial charge < -0.3 is 0 Å². The fraction of sp³-hybridized carbons (Fsp3) is 0.0870. The van der Waals surface area contributed by atoms with E-state index in [1.54, 1.807) is 24.2 Å². The number of hydrogen-bond donors (Lipinski definition) is 0. The van der Waals surface area contributed by atoms with Gasteiger partial charge in [-0.05, 0) is 47.1 Å². The quantitative estimate of drug-likeness (QED) is 0.715. The summed E-state index contributed by atoms with van der Waals surface area (Å²) in [5.74, 6) is 0.756. The number of thioether (sulfide) groups is 1. The SMILES string of the molecule is C[N+](C)=C1C=CC(=C2C=C(c3ccccc3)SC(c3ncccn3)=C2)C=C1. The molecule has 2 aromatic rings. The Hall–Kier alpha value is -2.98. The molecule has 4 heteroatoms. The third kappa shape index (κ3) is 3.91. The molecule has 0 spiro atoms. The molecule has 2 heterocycles. The summed E-state index contributed by atoms with van der Waals surface area (Å²) in [5.41, 5.74) is 4.74. The van der Waals surface area contributed by atoms with Crippen molar-refractivity contribution in [2.24, 2.45) is 0 Å². The number of benzene rings is 1. The average Bonchev–Trinajstić information content (AvgIpc) is 2.75. The van der Waals surface area contributed by atoms with Crippen LogP contribution in [0.4, 0.5) is 0 Å². The van der Waals surface area contributed by atoms with Gasteiger partial charge in [-0.25, -0.2) is 14.5 Å². The highest BCUT2D eigenvalue weighted by Crippen LogP contribution is 2.43. The summed E-state index contributed by atoms with van der Waals surface area (Å²) in [5, 5.41) is 0. The molecule has 0 atom stereocenters. The number of rotatable bonds is 2. The first kappa shape index (κ1) is 17.4. The maximum Gasteiger partial charge on any atom is 0.199 e. The maximum absolute atomic E-state index is 4.45. The lowest BCUT2D eigenvalue weighted by atomic mass is 10.00. The standard InChI is InChI=1S/C23H20N3S/c1-26(2)20-11-9-17(10-12-20)19-15-21(18-7-4-3-5-8-18)27-22(16-19)23-24-13-6-14-25-23/h3-16H,1-2H3/q+1. The summed E-state index contributed by atoms with van der Waals surface area (Å²) >= 11 is 1.71. The molecule has 3 nitrogen and oxygen atoms in total. The van der Waals surface area contributed by atoms with Crippen molar-refractivity contribution >= 4 is 27.3 Å². The molecule has 1 aliphatic carbocycles. The first-order chi connectivity index (χ1) is 13.2. The highest BCUT2D eigenvalue weighted by atomic mass is 32.2. The largest absolute Gasteiger partial charge is 0.236 e. The number of hydrogen-bond acceptors (Lipinski definition) is 3. The van der Waals surface area contributed by atoms with Crippen molar-refractivity contribution in [1.29, 1.82) is 0 Å². The third-order valence-corrected chi connectivity index (χ3v) is 5.45. The predicted molar refractivity (Wildman–Crippen MR) is 114 cm³/mol. The normalized spacial score (nSPS) is 16.3. The van der Waals surface area contributed by atoms with Crippen LogP contribution in [0.2, 0.25) is 0 Å². The number of nitrogens with zero attached hydrogens (tertiary/aromatic N) is 3. The van der Waals surface area contributed by atoms with Crippen molar-refractivity contribution in [3.05, 3.63) is 108 Å². The molecular weight excluding hydrogens is 350 g/mol. The summed E-state index contributed by atoms with van der Waals surface area (Å²) in [6.07, 6.45) is 16.6. The second-order valence-corrected chi connectivity index (χ2v) is 7.54. The van der Waals surface area contributed by atoms with E-state index in [1.165, 1.54) is 27.3 Å². The molecule has 0 saturated carbocycles. The summed E-state index contributed by atoms with van der Waals surface area (Å²) in [6, 6.07) is 12.3. The Bertz CT molecular complexity index is 960. The Morgan fingerprint density at radius 1 is 0.741 bits per heavy atom. The van der Waals surface area contributed by atoms with Crippen LogP contribution in [-0.4, -0.2) is 34.4 Å². The predicted octanol–water partition coefficient (Wildman–Crippen LogP) is 4.74. The van der Waals surface area contributed by atoms with E-state index in [0.717, 1.165) is 10.7 Å². The smallest absolute Gasteiger partial charge is 0.199 e. The van der Waals surface area contributed by atoms with Gasteiger partial charge in [0.1, 0.15) is 14.1 Å². The molecule has 1 aromatic carbocycles. The Morgan fingerprint density at radius 2 is 1.41 bits per heavy atom. The van der Waals surface area contributed by atoms with Crippen molar-refractivity contribution in [1.82, 2.24) is 9.97 Å². The summed E-state index contributed by atoms with van der Waals surface area (Å²) < 4.78 is 2.11. The van der Waals surface area contributed by atoms with Gasteiger partial charge in [0.15, 0.2) is 11.5 Å². The van der Waals surface area contributed by atoms with Crippen LogP contribution in [0.15, 0.2) is 96.4 Å². The van der Waals surface area contributed by atoms with Gasteiger partial charge in [-0.2, -0.15) is 0 Å². The number of allylic oxidation sites excluding steroid dienone is 8. The minimum absolute atomic E-state index is 0.756. The molecule has 0 N–H and O–H groups in total. The Balaban J connectivity index is 1.81. The van der Waals surface area contributed by atoms with Gasteiger partial charge in [-0.15, -0.1) is 0 Å². The topological polar surface area (TPSA) is 28.8 Å². The molecule has 0 bridgehead atoms. The highest BCUT2D eigenvalue weighted by Gasteiger charge is 2.18. The average molecular weight is 371 g/mol. The zero-order valence-electron chi connectivity index (χ0n) is 15.3. The van der Waals surface area contributed by atoms with E-state index in [1.807, 2.05) is 12.1 Å². The van der Waals surface area contributed by atoms with Gasteiger partial charge in [0.25, 0.3) is 0 Å². The minimum atomic E-state index is 0.756. The van der Waals surface area contributed by atoms with Crippen LogP contribution in [0.1, 0.15) is 11.4 Å². The molecule has 0 radical (unpaired) electrons. The summed E-state index contributed by atoms with van der Waals surface area (Å²) in [7, 11) is 4.11. The molecule has 4 rings (SSSR count). The van der Waals surface area contributed by atoms with Gasteiger partial charge in [0.2, 0.25) is 0 Å². The van der Waals surface area contributed by atoms with E-state index in [4.69, 9.17) is 0 Å². The molecule has 1 aromatic heterocycles. The van der Waals surface area contributed by atoms with Gasteiger partial charge in [0, 0.05) is 29.5 Å². The van der Waals surface area contributed by atoms with E-state index in [0.29, 0.717) is 0 Å². The minimum Gasteiger partial charge on any atom is -0.236 e. The van der Waals surface area contributed by atoms with Crippen LogP contribution in [0.3, 0.4) is 0 Å². The molecular formula is C23H20N3S+. The molecule has 2 aliphatic rings. The fourth-order valence-electron chi connectivity index (χ4n) is 2.90. The second-order valence-electron chi connectivity index (χ2n) is 6.45. The van der Waals surface area contributed by atoms with Crippen LogP contribution >= 0.6 is 11.8 Å². The second kappa shape index (κ2) is 7.72. The monoisotopic (exact) mass is 370 g/mol. The zero-order valence-corrected chi connectivity index (χ0v) is 16.1. The Morgan fingerprint density at radius 3 is 2.07 bits per heavy atom. The van der Waals surface area contributed by atoms with Crippen molar-refractivity contribution in [2.45, 2.75) is 0 Å². The van der Waals surface area contributed by atoms with E-state index in [9.17, 15) is 0 Å². The van der Waals surface area contributed by atoms with Crippen LogP contribution in [0.25, 0.3) is 9.81 Å². The van der Waals surface area contributed by atoms with E-state index in [-0.39, 0.29) is 0 Å². The van der Waals surface area contributed by atoms with E-state index < -0.39 is 0 Å². The van der Waals surface area contributed by atoms with Crippen LogP contribution in [0, 0.1) is 0 Å². The molecule has 1 aliphatic heterocycles. The number of aromatic nitrogens is 2. The maximum atomic E-state index is 4.45. The van der Waals surface area contributed by atoms with Crippen molar-refractivity contribution in [3.8, 4) is 0 Å².